The van der Waals surface area contributed by atoms with Gasteiger partial charge in [0.1, 0.15) is 5.75 Å². The fourth-order valence-electron chi connectivity index (χ4n) is 2.97. The van der Waals surface area contributed by atoms with E-state index in [1.54, 1.807) is 21.9 Å². The molecule has 1 aliphatic heterocycles. The molecule has 3 rings (SSSR count). The van der Waals surface area contributed by atoms with E-state index in [-0.39, 0.29) is 11.8 Å². The third kappa shape index (κ3) is 3.84. The summed E-state index contributed by atoms with van der Waals surface area (Å²) in [6, 6.07) is 9.02. The molecule has 2 aromatic rings. The summed E-state index contributed by atoms with van der Waals surface area (Å²) >= 11 is 0. The molecule has 6 heteroatoms. The molecule has 0 atom stereocenters. The van der Waals surface area contributed by atoms with E-state index in [1.165, 1.54) is 0 Å². The van der Waals surface area contributed by atoms with Crippen molar-refractivity contribution in [3.05, 3.63) is 53.9 Å². The van der Waals surface area contributed by atoms with Crippen LogP contribution in [-0.4, -0.2) is 59.0 Å². The first-order valence-corrected chi connectivity index (χ1v) is 8.52. The van der Waals surface area contributed by atoms with E-state index in [2.05, 4.69) is 0 Å². The van der Waals surface area contributed by atoms with Crippen LogP contribution in [0.1, 0.15) is 27.6 Å². The Hall–Kier alpha value is -2.76. The monoisotopic (exact) mass is 341 g/mol. The smallest absolute Gasteiger partial charge is 0.255 e. The second kappa shape index (κ2) is 7.42. The number of benzene rings is 1. The van der Waals surface area contributed by atoms with Gasteiger partial charge in [-0.15, -0.1) is 0 Å². The number of hydrogen-bond donors (Lipinski definition) is 0. The maximum Gasteiger partial charge on any atom is 0.255 e. The Morgan fingerprint density at radius 3 is 1.96 bits per heavy atom. The molecule has 1 fully saturated rings. The van der Waals surface area contributed by atoms with Crippen molar-refractivity contribution in [1.29, 1.82) is 0 Å². The Morgan fingerprint density at radius 2 is 1.48 bits per heavy atom. The highest BCUT2D eigenvalue weighted by atomic mass is 16.5. The SMILES string of the molecule is CCOc1ccc(C(=O)N2CCN(C(=O)c3ccn(C)c3)CC2)cc1. The van der Waals surface area contributed by atoms with Crippen LogP contribution in [-0.2, 0) is 7.05 Å². The van der Waals surface area contributed by atoms with Crippen LogP contribution in [0.25, 0.3) is 0 Å². The first-order chi connectivity index (χ1) is 12.1. The van der Waals surface area contributed by atoms with Gasteiger partial charge in [0, 0.05) is 51.2 Å². The number of carbonyl (C=O) groups excluding carboxylic acids is 2. The molecule has 0 spiro atoms. The molecule has 25 heavy (non-hydrogen) atoms. The van der Waals surface area contributed by atoms with E-state index < -0.39 is 0 Å². The molecule has 6 nitrogen and oxygen atoms in total. The van der Waals surface area contributed by atoms with E-state index in [1.807, 2.05) is 49.1 Å². The first kappa shape index (κ1) is 17.1. The second-order valence-corrected chi connectivity index (χ2v) is 6.11. The molecule has 0 bridgehead atoms. The van der Waals surface area contributed by atoms with Gasteiger partial charge in [0.15, 0.2) is 0 Å². The maximum atomic E-state index is 12.6. The molecule has 1 aromatic carbocycles. The minimum Gasteiger partial charge on any atom is -0.494 e. The fraction of sp³-hybridized carbons (Fsp3) is 0.368. The van der Waals surface area contributed by atoms with Gasteiger partial charge in [-0.2, -0.15) is 0 Å². The molecular weight excluding hydrogens is 318 g/mol. The van der Waals surface area contributed by atoms with Crippen LogP contribution >= 0.6 is 0 Å². The lowest BCUT2D eigenvalue weighted by atomic mass is 10.1. The van der Waals surface area contributed by atoms with Crippen molar-refractivity contribution >= 4 is 11.8 Å². The van der Waals surface area contributed by atoms with Crippen molar-refractivity contribution in [3.8, 4) is 5.75 Å². The molecular formula is C19H23N3O3. The van der Waals surface area contributed by atoms with Crippen molar-refractivity contribution in [2.24, 2.45) is 7.05 Å². The van der Waals surface area contributed by atoms with Crippen LogP contribution in [0.15, 0.2) is 42.7 Å². The zero-order valence-corrected chi connectivity index (χ0v) is 14.6. The molecule has 0 unspecified atom stereocenters. The average Bonchev–Trinajstić information content (AvgIpc) is 3.08. The topological polar surface area (TPSA) is 54.8 Å². The molecule has 0 saturated carbocycles. The number of carbonyl (C=O) groups is 2. The summed E-state index contributed by atoms with van der Waals surface area (Å²) in [6.07, 6.45) is 3.68. The predicted molar refractivity (Wildman–Crippen MR) is 94.8 cm³/mol. The number of aromatic nitrogens is 1. The van der Waals surface area contributed by atoms with Crippen molar-refractivity contribution in [2.45, 2.75) is 6.92 Å². The Kier molecular flexibility index (Phi) is 5.07. The third-order valence-corrected chi connectivity index (χ3v) is 4.35. The van der Waals surface area contributed by atoms with Crippen LogP contribution in [0.4, 0.5) is 0 Å². The average molecular weight is 341 g/mol. The number of aryl methyl sites for hydroxylation is 1. The maximum absolute atomic E-state index is 12.6. The van der Waals surface area contributed by atoms with Crippen LogP contribution in [0.5, 0.6) is 5.75 Å². The highest BCUT2D eigenvalue weighted by Gasteiger charge is 2.25. The van der Waals surface area contributed by atoms with E-state index in [9.17, 15) is 9.59 Å². The summed E-state index contributed by atoms with van der Waals surface area (Å²) in [6.45, 7) is 4.72. The minimum absolute atomic E-state index is 0.00476. The summed E-state index contributed by atoms with van der Waals surface area (Å²) in [5, 5.41) is 0. The van der Waals surface area contributed by atoms with Gasteiger partial charge in [-0.3, -0.25) is 9.59 Å². The van der Waals surface area contributed by atoms with Gasteiger partial charge in [-0.25, -0.2) is 0 Å². The van der Waals surface area contributed by atoms with Crippen molar-refractivity contribution in [3.63, 3.8) is 0 Å². The van der Waals surface area contributed by atoms with Gasteiger partial charge in [-0.05, 0) is 37.3 Å². The van der Waals surface area contributed by atoms with E-state index in [4.69, 9.17) is 4.74 Å². The minimum atomic E-state index is -0.00476. The van der Waals surface area contributed by atoms with Crippen molar-refractivity contribution in [2.75, 3.05) is 32.8 Å². The van der Waals surface area contributed by atoms with E-state index in [0.717, 1.165) is 5.75 Å². The third-order valence-electron chi connectivity index (χ3n) is 4.35. The number of rotatable bonds is 4. The normalized spacial score (nSPS) is 14.5. The molecule has 2 heterocycles. The Morgan fingerprint density at radius 1 is 0.920 bits per heavy atom. The van der Waals surface area contributed by atoms with Crippen LogP contribution in [0, 0.1) is 0 Å². The van der Waals surface area contributed by atoms with Gasteiger partial charge in [0.05, 0.1) is 12.2 Å². The van der Waals surface area contributed by atoms with Crippen molar-refractivity contribution in [1.82, 2.24) is 14.4 Å². The van der Waals surface area contributed by atoms with Crippen LogP contribution in [0.2, 0.25) is 0 Å². The van der Waals surface area contributed by atoms with Gasteiger partial charge in [0.2, 0.25) is 0 Å². The molecule has 0 N–H and O–H groups in total. The molecule has 1 aliphatic rings. The van der Waals surface area contributed by atoms with Gasteiger partial charge < -0.3 is 19.1 Å². The molecule has 0 aliphatic carbocycles. The summed E-state index contributed by atoms with van der Waals surface area (Å²) in [4.78, 5) is 28.6. The van der Waals surface area contributed by atoms with E-state index in [0.29, 0.717) is 43.9 Å². The first-order valence-electron chi connectivity index (χ1n) is 8.52. The predicted octanol–water partition coefficient (Wildman–Crippen LogP) is 2.02. The number of ether oxygens (including phenoxy) is 1. The summed E-state index contributed by atoms with van der Waals surface area (Å²) < 4.78 is 7.26. The van der Waals surface area contributed by atoms with Crippen LogP contribution < -0.4 is 4.74 Å². The van der Waals surface area contributed by atoms with E-state index >= 15 is 0 Å². The highest BCUT2D eigenvalue weighted by molar-refractivity contribution is 5.96. The van der Waals surface area contributed by atoms with Crippen molar-refractivity contribution < 1.29 is 14.3 Å². The lowest BCUT2D eigenvalue weighted by Crippen LogP contribution is -2.50. The number of hydrogen-bond acceptors (Lipinski definition) is 3. The summed E-state index contributed by atoms with van der Waals surface area (Å²) in [5.41, 5.74) is 1.33. The zero-order valence-electron chi connectivity index (χ0n) is 14.6. The largest absolute Gasteiger partial charge is 0.494 e. The van der Waals surface area contributed by atoms with Crippen LogP contribution in [0.3, 0.4) is 0 Å². The Labute approximate surface area is 147 Å². The number of nitrogens with zero attached hydrogens (tertiary/aromatic N) is 3. The van der Waals surface area contributed by atoms with Gasteiger partial charge >= 0.3 is 0 Å². The lowest BCUT2D eigenvalue weighted by Gasteiger charge is -2.34. The quantitative estimate of drug-likeness (QED) is 0.855. The molecule has 0 radical (unpaired) electrons. The summed E-state index contributed by atoms with van der Waals surface area (Å²) in [7, 11) is 1.89. The molecule has 1 saturated heterocycles. The number of piperazine rings is 1. The standard InChI is InChI=1S/C19H23N3O3/c1-3-25-17-6-4-15(5-7-17)18(23)21-10-12-22(13-11-21)19(24)16-8-9-20(2)14-16/h4-9,14H,3,10-13H2,1-2H3. The molecule has 2 amide bonds. The van der Waals surface area contributed by atoms with Gasteiger partial charge in [0.25, 0.3) is 11.8 Å². The Bertz CT molecular complexity index is 744. The number of amides is 2. The fourth-order valence-corrected chi connectivity index (χ4v) is 2.97. The lowest BCUT2D eigenvalue weighted by molar-refractivity contribution is 0.0535. The molecule has 1 aromatic heterocycles. The second-order valence-electron chi connectivity index (χ2n) is 6.11. The Balaban J connectivity index is 1.58. The highest BCUT2D eigenvalue weighted by Crippen LogP contribution is 2.15. The zero-order chi connectivity index (χ0) is 17.8. The molecule has 132 valence electrons. The van der Waals surface area contributed by atoms with Gasteiger partial charge in [-0.1, -0.05) is 0 Å². The summed E-state index contributed by atoms with van der Waals surface area (Å²) in [5.74, 6) is 0.779.